The first kappa shape index (κ1) is 19.3. The molecule has 1 saturated heterocycles. The van der Waals surface area contributed by atoms with Crippen molar-refractivity contribution in [2.24, 2.45) is 5.92 Å². The lowest BCUT2D eigenvalue weighted by atomic mass is 9.93. The van der Waals surface area contributed by atoms with Crippen molar-refractivity contribution in [2.75, 3.05) is 13.1 Å². The van der Waals surface area contributed by atoms with Crippen molar-refractivity contribution in [3.8, 4) is 11.5 Å². The number of amides is 1. The highest BCUT2D eigenvalue weighted by Gasteiger charge is 2.24. The predicted molar refractivity (Wildman–Crippen MR) is 110 cm³/mol. The molecule has 2 aromatic heterocycles. The maximum Gasteiger partial charge on any atom is 0.259 e. The lowest BCUT2D eigenvalue weighted by Gasteiger charge is -2.32. The van der Waals surface area contributed by atoms with Crippen LogP contribution in [-0.4, -0.2) is 39.0 Å². The van der Waals surface area contributed by atoms with Crippen molar-refractivity contribution in [1.29, 1.82) is 0 Å². The molecule has 1 aliphatic heterocycles. The molecule has 1 unspecified atom stereocenters. The third-order valence-corrected chi connectivity index (χ3v) is 5.49. The van der Waals surface area contributed by atoms with Gasteiger partial charge in [0.05, 0.1) is 5.56 Å². The van der Waals surface area contributed by atoms with Gasteiger partial charge in [0, 0.05) is 38.3 Å². The van der Waals surface area contributed by atoms with Crippen LogP contribution in [0.3, 0.4) is 0 Å². The normalized spacial score (nSPS) is 16.7. The fourth-order valence-electron chi connectivity index (χ4n) is 3.88. The van der Waals surface area contributed by atoms with Crippen LogP contribution < -0.4 is 0 Å². The summed E-state index contributed by atoms with van der Waals surface area (Å²) in [5.74, 6) is 1.98. The number of nitrogens with zero attached hydrogens (tertiary/aromatic N) is 4. The van der Waals surface area contributed by atoms with Gasteiger partial charge in [0.2, 0.25) is 5.91 Å². The monoisotopic (exact) mass is 390 g/mol. The van der Waals surface area contributed by atoms with Gasteiger partial charge in [-0.05, 0) is 49.3 Å². The average Bonchev–Trinajstić information content (AvgIpc) is 3.27. The minimum atomic E-state index is 0.261. The van der Waals surface area contributed by atoms with Crippen molar-refractivity contribution < 1.29 is 9.32 Å². The fourth-order valence-corrected chi connectivity index (χ4v) is 3.88. The van der Waals surface area contributed by atoms with Gasteiger partial charge >= 0.3 is 0 Å². The lowest BCUT2D eigenvalue weighted by Crippen LogP contribution is -2.40. The number of likely N-dealkylation sites (tertiary alicyclic amines) is 1. The van der Waals surface area contributed by atoms with Crippen LogP contribution in [0.2, 0.25) is 0 Å². The Morgan fingerprint density at radius 2 is 2.03 bits per heavy atom. The summed E-state index contributed by atoms with van der Waals surface area (Å²) in [6.45, 7) is 1.71. The van der Waals surface area contributed by atoms with Gasteiger partial charge in [-0.1, -0.05) is 35.5 Å². The van der Waals surface area contributed by atoms with Crippen LogP contribution in [0.5, 0.6) is 0 Å². The summed E-state index contributed by atoms with van der Waals surface area (Å²) in [4.78, 5) is 23.2. The molecule has 4 rings (SSSR count). The zero-order valence-electron chi connectivity index (χ0n) is 16.5. The standard InChI is InChI=1S/C23H26N4O2/c28-22(13-11-18-6-2-1-3-7-18)27-15-5-8-19(17-27)10-12-21-25-23(29-26-21)20-9-4-14-24-16-20/h1-4,6-7,9,14,16,19H,5,8,10-13,15,17H2. The van der Waals surface area contributed by atoms with Gasteiger partial charge < -0.3 is 9.42 Å². The topological polar surface area (TPSA) is 72.1 Å². The number of aryl methyl sites for hydroxylation is 2. The van der Waals surface area contributed by atoms with Crippen molar-refractivity contribution in [2.45, 2.75) is 38.5 Å². The van der Waals surface area contributed by atoms with E-state index in [0.717, 1.165) is 56.6 Å². The molecule has 150 valence electrons. The summed E-state index contributed by atoms with van der Waals surface area (Å²) < 4.78 is 5.36. The van der Waals surface area contributed by atoms with Crippen LogP contribution in [0.25, 0.3) is 11.5 Å². The van der Waals surface area contributed by atoms with E-state index in [4.69, 9.17) is 4.52 Å². The van der Waals surface area contributed by atoms with E-state index in [1.165, 1.54) is 5.56 Å². The Labute approximate surface area is 171 Å². The Bertz CT molecular complexity index is 911. The van der Waals surface area contributed by atoms with Gasteiger partial charge in [-0.25, -0.2) is 0 Å². The zero-order chi connectivity index (χ0) is 19.9. The number of rotatable bonds is 7. The molecule has 1 amide bonds. The lowest BCUT2D eigenvalue weighted by molar-refractivity contribution is -0.133. The van der Waals surface area contributed by atoms with Gasteiger partial charge in [0.1, 0.15) is 0 Å². The van der Waals surface area contributed by atoms with Gasteiger partial charge in [0.25, 0.3) is 5.89 Å². The fraction of sp³-hybridized carbons (Fsp3) is 0.391. The number of pyridine rings is 1. The number of piperidine rings is 1. The summed E-state index contributed by atoms with van der Waals surface area (Å²) >= 11 is 0. The number of benzene rings is 1. The molecule has 0 N–H and O–H groups in total. The van der Waals surface area contributed by atoms with E-state index in [9.17, 15) is 4.79 Å². The molecule has 1 aliphatic rings. The summed E-state index contributed by atoms with van der Waals surface area (Å²) in [5.41, 5.74) is 2.05. The molecule has 0 saturated carbocycles. The third kappa shape index (κ3) is 5.28. The van der Waals surface area contributed by atoms with E-state index >= 15 is 0 Å². The molecule has 0 aliphatic carbocycles. The largest absolute Gasteiger partial charge is 0.342 e. The van der Waals surface area contributed by atoms with Crippen LogP contribution >= 0.6 is 0 Å². The average molecular weight is 390 g/mol. The Balaban J connectivity index is 1.26. The molecule has 3 heterocycles. The molecular weight excluding hydrogens is 364 g/mol. The molecular formula is C23H26N4O2. The quantitative estimate of drug-likeness (QED) is 0.611. The van der Waals surface area contributed by atoms with Crippen molar-refractivity contribution >= 4 is 5.91 Å². The van der Waals surface area contributed by atoms with Crippen LogP contribution in [0.4, 0.5) is 0 Å². The van der Waals surface area contributed by atoms with Crippen molar-refractivity contribution in [3.05, 3.63) is 66.2 Å². The molecule has 0 spiro atoms. The maximum atomic E-state index is 12.6. The summed E-state index contributed by atoms with van der Waals surface area (Å²) in [6, 6.07) is 14.0. The van der Waals surface area contributed by atoms with Crippen molar-refractivity contribution in [1.82, 2.24) is 20.0 Å². The molecule has 1 atom stereocenters. The molecule has 1 fully saturated rings. The van der Waals surface area contributed by atoms with E-state index in [1.807, 2.05) is 35.2 Å². The number of carbonyl (C=O) groups excluding carboxylic acids is 1. The van der Waals surface area contributed by atoms with E-state index in [-0.39, 0.29) is 5.91 Å². The SMILES string of the molecule is O=C(CCc1ccccc1)N1CCCC(CCc2noc(-c3cccnc3)n2)C1. The van der Waals surface area contributed by atoms with E-state index < -0.39 is 0 Å². The second kappa shape index (κ2) is 9.45. The highest BCUT2D eigenvalue weighted by atomic mass is 16.5. The molecule has 0 radical (unpaired) electrons. The zero-order valence-corrected chi connectivity index (χ0v) is 16.5. The van der Waals surface area contributed by atoms with Gasteiger partial charge in [-0.15, -0.1) is 0 Å². The minimum absolute atomic E-state index is 0.261. The van der Waals surface area contributed by atoms with Crippen LogP contribution in [-0.2, 0) is 17.6 Å². The highest BCUT2D eigenvalue weighted by Crippen LogP contribution is 2.23. The number of aromatic nitrogens is 3. The second-order valence-corrected chi connectivity index (χ2v) is 7.63. The van der Waals surface area contributed by atoms with Crippen LogP contribution in [0.1, 0.15) is 37.1 Å². The molecule has 6 nitrogen and oxygen atoms in total. The van der Waals surface area contributed by atoms with E-state index in [2.05, 4.69) is 27.3 Å². The van der Waals surface area contributed by atoms with Crippen LogP contribution in [0, 0.1) is 5.92 Å². The van der Waals surface area contributed by atoms with Crippen LogP contribution in [0.15, 0.2) is 59.4 Å². The Morgan fingerprint density at radius 3 is 2.86 bits per heavy atom. The number of hydrogen-bond donors (Lipinski definition) is 0. The Kier molecular flexibility index (Phi) is 6.29. The molecule has 6 heteroatoms. The summed E-state index contributed by atoms with van der Waals surface area (Å²) in [7, 11) is 0. The molecule has 0 bridgehead atoms. The maximum absolute atomic E-state index is 12.6. The summed E-state index contributed by atoms with van der Waals surface area (Å²) in [6.07, 6.45) is 8.77. The van der Waals surface area contributed by atoms with Gasteiger partial charge in [0.15, 0.2) is 5.82 Å². The first-order valence-electron chi connectivity index (χ1n) is 10.3. The van der Waals surface area contributed by atoms with Gasteiger partial charge in [-0.3, -0.25) is 9.78 Å². The summed E-state index contributed by atoms with van der Waals surface area (Å²) in [5, 5.41) is 4.10. The molecule has 1 aromatic carbocycles. The highest BCUT2D eigenvalue weighted by molar-refractivity contribution is 5.76. The smallest absolute Gasteiger partial charge is 0.259 e. The third-order valence-electron chi connectivity index (χ3n) is 5.49. The van der Waals surface area contributed by atoms with Crippen molar-refractivity contribution in [3.63, 3.8) is 0 Å². The molecule has 29 heavy (non-hydrogen) atoms. The first-order chi connectivity index (χ1) is 14.3. The number of carbonyl (C=O) groups is 1. The Morgan fingerprint density at radius 1 is 1.14 bits per heavy atom. The Hall–Kier alpha value is -3.02. The minimum Gasteiger partial charge on any atom is -0.342 e. The predicted octanol–water partition coefficient (Wildman–Crippen LogP) is 3.94. The molecule has 3 aromatic rings. The number of hydrogen-bond acceptors (Lipinski definition) is 5. The van der Waals surface area contributed by atoms with E-state index in [0.29, 0.717) is 18.2 Å². The van der Waals surface area contributed by atoms with E-state index in [1.54, 1.807) is 12.4 Å². The first-order valence-corrected chi connectivity index (χ1v) is 10.3. The van der Waals surface area contributed by atoms with Gasteiger partial charge in [-0.2, -0.15) is 4.98 Å². The second-order valence-electron chi connectivity index (χ2n) is 7.63.